The Kier molecular flexibility index (Phi) is 3.87. The molecule has 3 rings (SSSR count). The van der Waals surface area contributed by atoms with Crippen molar-refractivity contribution in [2.45, 2.75) is 37.8 Å². The minimum Gasteiger partial charge on any atom is -0.390 e. The summed E-state index contributed by atoms with van der Waals surface area (Å²) < 4.78 is 0. The summed E-state index contributed by atoms with van der Waals surface area (Å²) >= 11 is 0. The predicted molar refractivity (Wildman–Crippen MR) is 77.1 cm³/mol. The maximum Gasteiger partial charge on any atom is 0.0653 e. The van der Waals surface area contributed by atoms with Gasteiger partial charge in [-0.25, -0.2) is 0 Å². The second-order valence-corrected chi connectivity index (χ2v) is 6.07. The van der Waals surface area contributed by atoms with E-state index in [0.717, 1.165) is 58.4 Å². The van der Waals surface area contributed by atoms with Crippen LogP contribution in [0.5, 0.6) is 0 Å². The zero-order valence-electron chi connectivity index (χ0n) is 11.6. The van der Waals surface area contributed by atoms with E-state index in [4.69, 9.17) is 0 Å². The van der Waals surface area contributed by atoms with Crippen LogP contribution in [-0.4, -0.2) is 41.8 Å². The molecule has 104 valence electrons. The van der Waals surface area contributed by atoms with Gasteiger partial charge in [0.15, 0.2) is 0 Å². The van der Waals surface area contributed by atoms with Crippen LogP contribution in [0, 0.1) is 0 Å². The van der Waals surface area contributed by atoms with Crippen molar-refractivity contribution in [3.8, 4) is 0 Å². The number of piperazine rings is 1. The van der Waals surface area contributed by atoms with Gasteiger partial charge in [-0.05, 0) is 36.8 Å². The van der Waals surface area contributed by atoms with Gasteiger partial charge in [0.25, 0.3) is 0 Å². The van der Waals surface area contributed by atoms with Crippen molar-refractivity contribution in [1.82, 2.24) is 10.2 Å². The highest BCUT2D eigenvalue weighted by Gasteiger charge is 2.39. The summed E-state index contributed by atoms with van der Waals surface area (Å²) in [6.45, 7) is 5.57. The van der Waals surface area contributed by atoms with E-state index in [2.05, 4.69) is 34.5 Å². The normalized spacial score (nSPS) is 22.4. The highest BCUT2D eigenvalue weighted by atomic mass is 16.3. The van der Waals surface area contributed by atoms with Crippen LogP contribution < -0.4 is 5.32 Å². The number of hydrogen-bond donors (Lipinski definition) is 2. The van der Waals surface area contributed by atoms with Crippen LogP contribution >= 0.6 is 0 Å². The minimum absolute atomic E-state index is 0.320. The van der Waals surface area contributed by atoms with Crippen LogP contribution in [0.15, 0.2) is 24.3 Å². The van der Waals surface area contributed by atoms with Crippen molar-refractivity contribution in [2.24, 2.45) is 0 Å². The number of nitrogens with one attached hydrogen (secondary N) is 1. The molecule has 1 aromatic carbocycles. The lowest BCUT2D eigenvalue weighted by Gasteiger charge is -2.27. The van der Waals surface area contributed by atoms with Crippen LogP contribution in [0.4, 0.5) is 0 Å². The highest BCUT2D eigenvalue weighted by Crippen LogP contribution is 2.39. The van der Waals surface area contributed by atoms with Crippen molar-refractivity contribution in [2.75, 3.05) is 26.2 Å². The fourth-order valence-corrected chi connectivity index (χ4v) is 2.71. The first kappa shape index (κ1) is 13.1. The van der Waals surface area contributed by atoms with Gasteiger partial charge in [0.05, 0.1) is 5.60 Å². The number of rotatable bonds is 5. The van der Waals surface area contributed by atoms with Gasteiger partial charge in [0.2, 0.25) is 0 Å². The number of hydrogen-bond acceptors (Lipinski definition) is 3. The van der Waals surface area contributed by atoms with Gasteiger partial charge >= 0.3 is 0 Å². The standard InChI is InChI=1S/C16H24N2O/c19-16(7-8-16)6-5-14-1-3-15(4-2-14)13-18-11-9-17-10-12-18/h1-4,17,19H,5-13H2. The molecular formula is C16H24N2O. The molecule has 1 saturated carbocycles. The molecule has 1 heterocycles. The van der Waals surface area contributed by atoms with Crippen molar-refractivity contribution in [3.63, 3.8) is 0 Å². The second-order valence-electron chi connectivity index (χ2n) is 6.07. The number of benzene rings is 1. The zero-order valence-corrected chi connectivity index (χ0v) is 11.6. The smallest absolute Gasteiger partial charge is 0.0653 e. The van der Waals surface area contributed by atoms with E-state index in [9.17, 15) is 5.11 Å². The molecule has 0 bridgehead atoms. The quantitative estimate of drug-likeness (QED) is 0.843. The zero-order chi connectivity index (χ0) is 13.1. The maximum atomic E-state index is 9.85. The molecule has 3 nitrogen and oxygen atoms in total. The van der Waals surface area contributed by atoms with Crippen molar-refractivity contribution >= 4 is 0 Å². The van der Waals surface area contributed by atoms with Crippen LogP contribution in [0.2, 0.25) is 0 Å². The van der Waals surface area contributed by atoms with Gasteiger partial charge in [0, 0.05) is 32.7 Å². The lowest BCUT2D eigenvalue weighted by molar-refractivity contribution is 0.140. The molecular weight excluding hydrogens is 236 g/mol. The van der Waals surface area contributed by atoms with E-state index >= 15 is 0 Å². The number of aryl methyl sites for hydroxylation is 1. The molecule has 1 aromatic rings. The van der Waals surface area contributed by atoms with Gasteiger partial charge in [-0.1, -0.05) is 24.3 Å². The summed E-state index contributed by atoms with van der Waals surface area (Å²) in [5.74, 6) is 0. The topological polar surface area (TPSA) is 35.5 Å². The monoisotopic (exact) mass is 260 g/mol. The second kappa shape index (κ2) is 5.61. The average molecular weight is 260 g/mol. The van der Waals surface area contributed by atoms with Gasteiger partial charge < -0.3 is 10.4 Å². The van der Waals surface area contributed by atoms with E-state index in [1.54, 1.807) is 0 Å². The van der Waals surface area contributed by atoms with E-state index in [0.29, 0.717) is 0 Å². The first-order valence-corrected chi connectivity index (χ1v) is 7.47. The fraction of sp³-hybridized carbons (Fsp3) is 0.625. The van der Waals surface area contributed by atoms with Crippen LogP contribution in [0.25, 0.3) is 0 Å². The van der Waals surface area contributed by atoms with E-state index < -0.39 is 0 Å². The van der Waals surface area contributed by atoms with Crippen molar-refractivity contribution in [1.29, 1.82) is 0 Å². The van der Waals surface area contributed by atoms with Gasteiger partial charge in [-0.2, -0.15) is 0 Å². The third kappa shape index (κ3) is 3.78. The average Bonchev–Trinajstić information content (AvgIpc) is 3.18. The highest BCUT2D eigenvalue weighted by molar-refractivity contribution is 5.23. The summed E-state index contributed by atoms with van der Waals surface area (Å²) in [7, 11) is 0. The molecule has 0 amide bonds. The number of nitrogens with zero attached hydrogens (tertiary/aromatic N) is 1. The van der Waals surface area contributed by atoms with E-state index in [-0.39, 0.29) is 5.60 Å². The third-order valence-corrected chi connectivity index (χ3v) is 4.34. The molecule has 3 heteroatoms. The summed E-state index contributed by atoms with van der Waals surface area (Å²) in [6, 6.07) is 8.94. The largest absolute Gasteiger partial charge is 0.390 e. The Morgan fingerprint density at radius 3 is 2.32 bits per heavy atom. The summed E-state index contributed by atoms with van der Waals surface area (Å²) in [5, 5.41) is 13.2. The molecule has 19 heavy (non-hydrogen) atoms. The van der Waals surface area contributed by atoms with Gasteiger partial charge in [0.1, 0.15) is 0 Å². The van der Waals surface area contributed by atoms with E-state index in [1.807, 2.05) is 0 Å². The van der Waals surface area contributed by atoms with E-state index in [1.165, 1.54) is 11.1 Å². The molecule has 2 aliphatic rings. The Labute approximate surface area is 115 Å². The SMILES string of the molecule is OC1(CCc2ccc(CN3CCNCC3)cc2)CC1. The fourth-order valence-electron chi connectivity index (χ4n) is 2.71. The molecule has 0 unspecified atom stereocenters. The Hall–Kier alpha value is -0.900. The minimum atomic E-state index is -0.320. The maximum absolute atomic E-state index is 9.85. The molecule has 2 fully saturated rings. The Balaban J connectivity index is 1.50. The third-order valence-electron chi connectivity index (χ3n) is 4.34. The van der Waals surface area contributed by atoms with Gasteiger partial charge in [-0.15, -0.1) is 0 Å². The molecule has 0 radical (unpaired) electrons. The molecule has 0 atom stereocenters. The van der Waals surface area contributed by atoms with Gasteiger partial charge in [-0.3, -0.25) is 4.90 Å². The summed E-state index contributed by atoms with van der Waals surface area (Å²) in [5.41, 5.74) is 2.43. The molecule has 1 aliphatic heterocycles. The predicted octanol–water partition coefficient (Wildman–Crippen LogP) is 1.55. The van der Waals surface area contributed by atoms with Crippen molar-refractivity contribution < 1.29 is 5.11 Å². The van der Waals surface area contributed by atoms with Crippen molar-refractivity contribution in [3.05, 3.63) is 35.4 Å². The molecule has 0 aromatic heterocycles. The molecule has 1 aliphatic carbocycles. The Bertz CT molecular complexity index is 405. The van der Waals surface area contributed by atoms with Crippen LogP contribution in [-0.2, 0) is 13.0 Å². The lowest BCUT2D eigenvalue weighted by atomic mass is 10.0. The van der Waals surface area contributed by atoms with Crippen LogP contribution in [0.3, 0.4) is 0 Å². The molecule has 2 N–H and O–H groups in total. The Morgan fingerprint density at radius 2 is 1.68 bits per heavy atom. The first-order chi connectivity index (χ1) is 9.23. The summed E-state index contributed by atoms with van der Waals surface area (Å²) in [4.78, 5) is 2.50. The Morgan fingerprint density at radius 1 is 1.05 bits per heavy atom. The number of aliphatic hydroxyl groups is 1. The molecule has 0 spiro atoms. The lowest BCUT2D eigenvalue weighted by Crippen LogP contribution is -2.42. The summed E-state index contributed by atoms with van der Waals surface area (Å²) in [6.07, 6.45) is 3.91. The molecule has 1 saturated heterocycles. The first-order valence-electron chi connectivity index (χ1n) is 7.47. The van der Waals surface area contributed by atoms with Crippen LogP contribution in [0.1, 0.15) is 30.4 Å².